The van der Waals surface area contributed by atoms with E-state index in [-0.39, 0.29) is 0 Å². The van der Waals surface area contributed by atoms with E-state index in [1.807, 2.05) is 78.9 Å². The second-order valence-corrected chi connectivity index (χ2v) is 7.08. The Morgan fingerprint density at radius 1 is 1.00 bits per heavy atom. The van der Waals surface area contributed by atoms with Crippen LogP contribution in [0, 0.1) is 4.77 Å². The van der Waals surface area contributed by atoms with E-state index >= 15 is 0 Å². The van der Waals surface area contributed by atoms with Gasteiger partial charge in [-0.2, -0.15) is 14.9 Å². The Kier molecular flexibility index (Phi) is 5.84. The van der Waals surface area contributed by atoms with Crippen molar-refractivity contribution < 1.29 is 4.74 Å². The van der Waals surface area contributed by atoms with Gasteiger partial charge in [0.25, 0.3) is 0 Å². The lowest BCUT2D eigenvalue weighted by molar-refractivity contribution is 0.306. The van der Waals surface area contributed by atoms with E-state index in [2.05, 4.69) is 15.3 Å². The van der Waals surface area contributed by atoms with E-state index in [0.29, 0.717) is 22.2 Å². The molecule has 0 amide bonds. The molecule has 0 saturated carbocycles. The summed E-state index contributed by atoms with van der Waals surface area (Å²) in [6.45, 7) is 0.481. The predicted octanol–water partition coefficient (Wildman–Crippen LogP) is 5.72. The summed E-state index contributed by atoms with van der Waals surface area (Å²) in [5, 5.41) is 12.3. The Morgan fingerprint density at radius 2 is 1.72 bits per heavy atom. The van der Waals surface area contributed by atoms with Crippen LogP contribution in [0.2, 0.25) is 5.02 Å². The number of aromatic nitrogens is 3. The summed E-state index contributed by atoms with van der Waals surface area (Å²) in [5.74, 6) is 1.44. The zero-order valence-electron chi connectivity index (χ0n) is 15.3. The molecule has 0 aliphatic rings. The van der Waals surface area contributed by atoms with Crippen LogP contribution in [0.1, 0.15) is 11.1 Å². The third-order valence-electron chi connectivity index (χ3n) is 4.20. The number of nitrogens with one attached hydrogen (secondary N) is 1. The number of hydrogen-bond donors (Lipinski definition) is 1. The average Bonchev–Trinajstić information content (AvgIpc) is 3.13. The molecule has 0 fully saturated rings. The summed E-state index contributed by atoms with van der Waals surface area (Å²) in [6.07, 6.45) is 1.74. The van der Waals surface area contributed by atoms with Crippen molar-refractivity contribution in [2.75, 3.05) is 0 Å². The molecule has 4 aromatic rings. The van der Waals surface area contributed by atoms with E-state index in [4.69, 9.17) is 28.6 Å². The largest absolute Gasteiger partial charge is 0.489 e. The summed E-state index contributed by atoms with van der Waals surface area (Å²) in [7, 11) is 0. The number of hydrogen-bond acceptors (Lipinski definition) is 4. The van der Waals surface area contributed by atoms with Gasteiger partial charge in [0.15, 0.2) is 5.82 Å². The summed E-state index contributed by atoms with van der Waals surface area (Å²) in [6, 6.07) is 25.1. The van der Waals surface area contributed by atoms with Crippen LogP contribution in [0.25, 0.3) is 11.4 Å². The van der Waals surface area contributed by atoms with Gasteiger partial charge in [-0.3, -0.25) is 0 Å². The molecule has 1 aromatic heterocycles. The first kappa shape index (κ1) is 19.1. The van der Waals surface area contributed by atoms with Crippen molar-refractivity contribution in [3.63, 3.8) is 0 Å². The minimum absolute atomic E-state index is 0.433. The fraction of sp³-hybridized carbons (Fsp3) is 0.0455. The van der Waals surface area contributed by atoms with Crippen molar-refractivity contribution in [2.24, 2.45) is 5.10 Å². The van der Waals surface area contributed by atoms with E-state index in [1.54, 1.807) is 10.9 Å². The Morgan fingerprint density at radius 3 is 2.45 bits per heavy atom. The molecule has 0 aliphatic carbocycles. The lowest BCUT2D eigenvalue weighted by Gasteiger charge is -2.06. The zero-order chi connectivity index (χ0) is 20.1. The topological polar surface area (TPSA) is 55.2 Å². The molecule has 0 unspecified atom stereocenters. The lowest BCUT2D eigenvalue weighted by atomic mass is 10.2. The predicted molar refractivity (Wildman–Crippen MR) is 118 cm³/mol. The van der Waals surface area contributed by atoms with Crippen molar-refractivity contribution in [1.29, 1.82) is 0 Å². The maximum atomic E-state index is 5.90. The Labute approximate surface area is 178 Å². The number of H-pyrrole nitrogens is 1. The van der Waals surface area contributed by atoms with Gasteiger partial charge < -0.3 is 4.74 Å². The van der Waals surface area contributed by atoms with Gasteiger partial charge in [0, 0.05) is 10.6 Å². The van der Waals surface area contributed by atoms with Crippen LogP contribution in [-0.2, 0) is 6.61 Å². The summed E-state index contributed by atoms with van der Waals surface area (Å²) in [4.78, 5) is 0. The third kappa shape index (κ3) is 4.80. The monoisotopic (exact) mass is 420 g/mol. The fourth-order valence-corrected chi connectivity index (χ4v) is 3.00. The molecular weight excluding hydrogens is 404 g/mol. The highest BCUT2D eigenvalue weighted by Gasteiger charge is 2.07. The van der Waals surface area contributed by atoms with Crippen LogP contribution in [-0.4, -0.2) is 21.1 Å². The maximum absolute atomic E-state index is 5.90. The third-order valence-corrected chi connectivity index (χ3v) is 4.72. The Balaban J connectivity index is 1.45. The van der Waals surface area contributed by atoms with Crippen LogP contribution in [0.4, 0.5) is 0 Å². The molecule has 1 N–H and O–H groups in total. The normalized spacial score (nSPS) is 11.1. The summed E-state index contributed by atoms with van der Waals surface area (Å²) < 4.78 is 7.85. The zero-order valence-corrected chi connectivity index (χ0v) is 16.9. The highest BCUT2D eigenvalue weighted by molar-refractivity contribution is 7.71. The second-order valence-electron chi connectivity index (χ2n) is 6.26. The van der Waals surface area contributed by atoms with Gasteiger partial charge in [0.05, 0.1) is 6.21 Å². The van der Waals surface area contributed by atoms with Crippen LogP contribution < -0.4 is 4.74 Å². The van der Waals surface area contributed by atoms with E-state index in [0.717, 1.165) is 22.4 Å². The standard InChI is InChI=1S/C22H17ClN4OS/c23-19-10-6-17(7-11-19)15-28-20-12-8-16(9-13-20)14-24-27-21(25-26-22(27)29)18-4-2-1-3-5-18/h1-14H,15H2,(H,26,29)/b24-14-. The molecule has 0 aliphatic heterocycles. The molecule has 144 valence electrons. The van der Waals surface area contributed by atoms with Gasteiger partial charge in [-0.25, -0.2) is 5.10 Å². The van der Waals surface area contributed by atoms with Gasteiger partial charge >= 0.3 is 0 Å². The molecule has 0 saturated heterocycles. The first-order valence-corrected chi connectivity index (χ1v) is 9.72. The highest BCUT2D eigenvalue weighted by Crippen LogP contribution is 2.17. The van der Waals surface area contributed by atoms with Crippen LogP contribution in [0.15, 0.2) is 84.0 Å². The molecule has 3 aromatic carbocycles. The Bertz CT molecular complexity index is 1170. The number of ether oxygens (including phenoxy) is 1. The molecule has 0 radical (unpaired) electrons. The number of aromatic amines is 1. The van der Waals surface area contributed by atoms with Crippen molar-refractivity contribution in [1.82, 2.24) is 14.9 Å². The van der Waals surface area contributed by atoms with Gasteiger partial charge in [-0.05, 0) is 59.7 Å². The second kappa shape index (κ2) is 8.86. The van der Waals surface area contributed by atoms with Gasteiger partial charge in [0.2, 0.25) is 4.77 Å². The highest BCUT2D eigenvalue weighted by atomic mass is 35.5. The number of benzene rings is 3. The minimum atomic E-state index is 0.433. The quantitative estimate of drug-likeness (QED) is 0.320. The van der Waals surface area contributed by atoms with Crippen molar-refractivity contribution in [3.8, 4) is 17.1 Å². The smallest absolute Gasteiger partial charge is 0.216 e. The summed E-state index contributed by atoms with van der Waals surface area (Å²) >= 11 is 11.2. The van der Waals surface area contributed by atoms with Crippen molar-refractivity contribution in [2.45, 2.75) is 6.61 Å². The van der Waals surface area contributed by atoms with E-state index in [1.165, 1.54) is 0 Å². The van der Waals surface area contributed by atoms with Gasteiger partial charge in [0.1, 0.15) is 12.4 Å². The maximum Gasteiger partial charge on any atom is 0.216 e. The molecule has 0 atom stereocenters. The molecule has 5 nitrogen and oxygen atoms in total. The number of halogens is 1. The van der Waals surface area contributed by atoms with Crippen LogP contribution in [0.5, 0.6) is 5.75 Å². The average molecular weight is 421 g/mol. The fourth-order valence-electron chi connectivity index (χ4n) is 2.69. The van der Waals surface area contributed by atoms with Crippen molar-refractivity contribution >= 4 is 30.0 Å². The van der Waals surface area contributed by atoms with Gasteiger partial charge in [-0.1, -0.05) is 54.1 Å². The van der Waals surface area contributed by atoms with Crippen molar-refractivity contribution in [3.05, 3.63) is 99.8 Å². The SMILES string of the molecule is S=c1[nH]nc(-c2ccccc2)n1/N=C\c1ccc(OCc2ccc(Cl)cc2)cc1. The van der Waals surface area contributed by atoms with Crippen LogP contribution >= 0.6 is 23.8 Å². The minimum Gasteiger partial charge on any atom is -0.489 e. The summed E-state index contributed by atoms with van der Waals surface area (Å²) in [5.41, 5.74) is 2.91. The van der Waals surface area contributed by atoms with Crippen LogP contribution in [0.3, 0.4) is 0 Å². The molecule has 4 rings (SSSR count). The lowest BCUT2D eigenvalue weighted by Crippen LogP contribution is -1.96. The first-order valence-electron chi connectivity index (χ1n) is 8.93. The molecule has 0 spiro atoms. The number of rotatable bonds is 6. The molecule has 7 heteroatoms. The van der Waals surface area contributed by atoms with Gasteiger partial charge in [-0.15, -0.1) is 0 Å². The molecule has 29 heavy (non-hydrogen) atoms. The molecule has 1 heterocycles. The number of nitrogens with zero attached hydrogens (tertiary/aromatic N) is 3. The van der Waals surface area contributed by atoms with E-state index < -0.39 is 0 Å². The molecule has 0 bridgehead atoms. The first-order chi connectivity index (χ1) is 14.2. The molecular formula is C22H17ClN4OS. The van der Waals surface area contributed by atoms with E-state index in [9.17, 15) is 0 Å². The Hall–Kier alpha value is -3.22.